The maximum Gasteiger partial charge on any atom is 0.343 e. The molecule has 0 unspecified atom stereocenters. The number of hydrazone groups is 1. The van der Waals surface area contributed by atoms with Gasteiger partial charge in [-0.25, -0.2) is 10.2 Å². The van der Waals surface area contributed by atoms with Crippen LogP contribution in [0.15, 0.2) is 71.8 Å². The van der Waals surface area contributed by atoms with Crippen LogP contribution in [0.25, 0.3) is 0 Å². The fraction of sp³-hybridized carbons (Fsp3) is 0.160. The quantitative estimate of drug-likeness (QED) is 0.229. The Balaban J connectivity index is 1.67. The number of methoxy groups -OCH3 is 2. The fourth-order valence-corrected chi connectivity index (χ4v) is 2.82. The van der Waals surface area contributed by atoms with E-state index in [4.69, 9.17) is 18.9 Å². The third-order valence-electron chi connectivity index (χ3n) is 4.53. The number of hydrogen-bond acceptors (Lipinski definition) is 7. The Kier molecular flexibility index (Phi) is 8.02. The number of ether oxygens (including phenoxy) is 4. The minimum Gasteiger partial charge on any atom is -0.497 e. The monoisotopic (exact) mass is 448 g/mol. The van der Waals surface area contributed by atoms with Gasteiger partial charge in [-0.15, -0.1) is 0 Å². The lowest BCUT2D eigenvalue weighted by atomic mass is 10.2. The van der Waals surface area contributed by atoms with Gasteiger partial charge in [-0.2, -0.15) is 5.10 Å². The molecule has 0 aliphatic carbocycles. The fourth-order valence-electron chi connectivity index (χ4n) is 2.82. The lowest BCUT2D eigenvalue weighted by Gasteiger charge is -2.11. The molecular formula is C25H24N2O6. The lowest BCUT2D eigenvalue weighted by Crippen LogP contribution is -2.17. The number of benzene rings is 3. The highest BCUT2D eigenvalue weighted by molar-refractivity contribution is 5.95. The summed E-state index contributed by atoms with van der Waals surface area (Å²) in [5.41, 5.74) is 3.95. The molecular weight excluding hydrogens is 424 g/mol. The molecule has 0 spiro atoms. The molecule has 0 atom stereocenters. The molecule has 3 rings (SSSR count). The van der Waals surface area contributed by atoms with Crippen molar-refractivity contribution >= 4 is 18.1 Å². The van der Waals surface area contributed by atoms with Crippen molar-refractivity contribution in [2.45, 2.75) is 6.92 Å². The van der Waals surface area contributed by atoms with E-state index >= 15 is 0 Å². The molecule has 0 bridgehead atoms. The summed E-state index contributed by atoms with van der Waals surface area (Å²) in [6.07, 6.45) is 1.47. The summed E-state index contributed by atoms with van der Waals surface area (Å²) in [7, 11) is 3.11. The van der Waals surface area contributed by atoms with Gasteiger partial charge in [0, 0.05) is 5.56 Å². The number of hydrogen-bond donors (Lipinski definition) is 1. The van der Waals surface area contributed by atoms with Crippen molar-refractivity contribution < 1.29 is 28.5 Å². The van der Waals surface area contributed by atoms with E-state index < -0.39 is 5.97 Å². The minimum atomic E-state index is -0.522. The van der Waals surface area contributed by atoms with E-state index in [9.17, 15) is 9.59 Å². The van der Waals surface area contributed by atoms with Crippen LogP contribution in [0.1, 0.15) is 33.2 Å². The zero-order chi connectivity index (χ0) is 23.6. The lowest BCUT2D eigenvalue weighted by molar-refractivity contribution is 0.0728. The molecule has 1 N–H and O–H groups in total. The summed E-state index contributed by atoms with van der Waals surface area (Å²) in [4.78, 5) is 24.7. The SMILES string of the molecule is CCOc1cc(/C=N\NC(=O)c2ccc(OC)cc2)ccc1OC(=O)c1ccc(OC)cc1. The van der Waals surface area contributed by atoms with Gasteiger partial charge in [-0.05, 0) is 79.2 Å². The van der Waals surface area contributed by atoms with Gasteiger partial charge < -0.3 is 18.9 Å². The molecule has 8 heteroatoms. The molecule has 0 saturated carbocycles. The van der Waals surface area contributed by atoms with Crippen molar-refractivity contribution in [2.24, 2.45) is 5.10 Å². The van der Waals surface area contributed by atoms with E-state index in [0.717, 1.165) is 0 Å². The summed E-state index contributed by atoms with van der Waals surface area (Å²) < 4.78 is 21.3. The highest BCUT2D eigenvalue weighted by Gasteiger charge is 2.13. The van der Waals surface area contributed by atoms with E-state index in [-0.39, 0.29) is 11.7 Å². The largest absolute Gasteiger partial charge is 0.497 e. The van der Waals surface area contributed by atoms with Crippen LogP contribution in [0.5, 0.6) is 23.0 Å². The molecule has 3 aromatic rings. The Bertz CT molecular complexity index is 1120. The molecule has 0 aromatic heterocycles. The molecule has 0 aliphatic rings. The molecule has 1 amide bonds. The predicted molar refractivity (Wildman–Crippen MR) is 124 cm³/mol. The summed E-state index contributed by atoms with van der Waals surface area (Å²) in [5.74, 6) is 1.08. The van der Waals surface area contributed by atoms with Crippen molar-refractivity contribution in [3.63, 3.8) is 0 Å². The average molecular weight is 448 g/mol. The molecule has 8 nitrogen and oxygen atoms in total. The standard InChI is InChI=1S/C25H24N2O6/c1-4-32-23-15-17(16-26-27-24(28)18-6-10-20(30-2)11-7-18)5-14-22(23)33-25(29)19-8-12-21(31-3)13-9-19/h5-16H,4H2,1-3H3,(H,27,28)/b26-16-. The number of nitrogens with zero attached hydrogens (tertiary/aromatic N) is 1. The molecule has 3 aromatic carbocycles. The highest BCUT2D eigenvalue weighted by Crippen LogP contribution is 2.29. The summed E-state index contributed by atoms with van der Waals surface area (Å²) in [6, 6.07) is 18.2. The number of esters is 1. The first-order valence-corrected chi connectivity index (χ1v) is 10.1. The maximum atomic E-state index is 12.5. The molecule has 0 fully saturated rings. The van der Waals surface area contributed by atoms with E-state index in [2.05, 4.69) is 10.5 Å². The number of carbonyl (C=O) groups excluding carboxylic acids is 2. The van der Waals surface area contributed by atoms with Crippen LogP contribution in [0.4, 0.5) is 0 Å². The number of amides is 1. The minimum absolute atomic E-state index is 0.275. The van der Waals surface area contributed by atoms with Gasteiger partial charge in [0.1, 0.15) is 11.5 Å². The second-order valence-corrected chi connectivity index (χ2v) is 6.68. The molecule has 33 heavy (non-hydrogen) atoms. The van der Waals surface area contributed by atoms with Crippen molar-refractivity contribution in [2.75, 3.05) is 20.8 Å². The number of carbonyl (C=O) groups is 2. The van der Waals surface area contributed by atoms with E-state index in [1.54, 1.807) is 80.9 Å². The zero-order valence-electron chi connectivity index (χ0n) is 18.5. The first-order chi connectivity index (χ1) is 16.0. The van der Waals surface area contributed by atoms with Gasteiger partial charge in [-0.3, -0.25) is 4.79 Å². The third-order valence-corrected chi connectivity index (χ3v) is 4.53. The summed E-state index contributed by atoms with van der Waals surface area (Å²) in [6.45, 7) is 2.20. The van der Waals surface area contributed by atoms with Crippen LogP contribution in [0.2, 0.25) is 0 Å². The number of nitrogens with one attached hydrogen (secondary N) is 1. The van der Waals surface area contributed by atoms with Gasteiger partial charge >= 0.3 is 5.97 Å². The average Bonchev–Trinajstić information content (AvgIpc) is 2.85. The first kappa shape index (κ1) is 23.3. The van der Waals surface area contributed by atoms with Gasteiger partial charge in [0.05, 0.1) is 32.6 Å². The van der Waals surface area contributed by atoms with Crippen LogP contribution in [0.3, 0.4) is 0 Å². The topological polar surface area (TPSA) is 95.5 Å². The Morgan fingerprint density at radius 2 is 1.45 bits per heavy atom. The van der Waals surface area contributed by atoms with Gasteiger partial charge in [0.15, 0.2) is 11.5 Å². The third kappa shape index (κ3) is 6.33. The van der Waals surface area contributed by atoms with Crippen LogP contribution >= 0.6 is 0 Å². The maximum absolute atomic E-state index is 12.5. The molecule has 0 saturated heterocycles. The molecule has 170 valence electrons. The van der Waals surface area contributed by atoms with E-state index in [1.165, 1.54) is 6.21 Å². The molecule has 0 aliphatic heterocycles. The van der Waals surface area contributed by atoms with Crippen LogP contribution in [0, 0.1) is 0 Å². The van der Waals surface area contributed by atoms with Crippen LogP contribution in [-0.4, -0.2) is 38.9 Å². The zero-order valence-corrected chi connectivity index (χ0v) is 18.5. The van der Waals surface area contributed by atoms with Crippen molar-refractivity contribution in [1.82, 2.24) is 5.43 Å². The Morgan fingerprint density at radius 3 is 2.03 bits per heavy atom. The van der Waals surface area contributed by atoms with E-state index in [0.29, 0.717) is 40.5 Å². The summed E-state index contributed by atoms with van der Waals surface area (Å²) in [5, 5.41) is 3.99. The normalized spacial score (nSPS) is 10.5. The van der Waals surface area contributed by atoms with Crippen molar-refractivity contribution in [3.05, 3.63) is 83.4 Å². The Labute approximate surface area is 191 Å². The van der Waals surface area contributed by atoms with Crippen molar-refractivity contribution in [1.29, 1.82) is 0 Å². The van der Waals surface area contributed by atoms with E-state index in [1.807, 2.05) is 6.92 Å². The Morgan fingerprint density at radius 1 is 0.848 bits per heavy atom. The smallest absolute Gasteiger partial charge is 0.343 e. The predicted octanol–water partition coefficient (Wildman–Crippen LogP) is 4.09. The van der Waals surface area contributed by atoms with Crippen molar-refractivity contribution in [3.8, 4) is 23.0 Å². The van der Waals surface area contributed by atoms with Gasteiger partial charge in [-0.1, -0.05) is 0 Å². The molecule has 0 radical (unpaired) electrons. The van der Waals surface area contributed by atoms with Gasteiger partial charge in [0.2, 0.25) is 0 Å². The first-order valence-electron chi connectivity index (χ1n) is 10.1. The second-order valence-electron chi connectivity index (χ2n) is 6.68. The summed E-state index contributed by atoms with van der Waals surface area (Å²) >= 11 is 0. The highest BCUT2D eigenvalue weighted by atomic mass is 16.6. The Hall–Kier alpha value is -4.33. The second kappa shape index (κ2) is 11.3. The van der Waals surface area contributed by atoms with Gasteiger partial charge in [0.25, 0.3) is 5.91 Å². The van der Waals surface area contributed by atoms with Crippen LogP contribution in [-0.2, 0) is 0 Å². The number of rotatable bonds is 9. The van der Waals surface area contributed by atoms with Crippen LogP contribution < -0.4 is 24.4 Å². The molecule has 0 heterocycles.